The number of amides is 1. The van der Waals surface area contributed by atoms with Gasteiger partial charge in [-0.15, -0.1) is 0 Å². The van der Waals surface area contributed by atoms with E-state index in [0.29, 0.717) is 29.4 Å². The summed E-state index contributed by atoms with van der Waals surface area (Å²) < 4.78 is 5.34. The van der Waals surface area contributed by atoms with Gasteiger partial charge in [0.2, 0.25) is 0 Å². The predicted molar refractivity (Wildman–Crippen MR) is 95.1 cm³/mol. The monoisotopic (exact) mass is 338 g/mol. The van der Waals surface area contributed by atoms with Gasteiger partial charge in [0.25, 0.3) is 5.91 Å². The summed E-state index contributed by atoms with van der Waals surface area (Å²) in [5.74, 6) is 1.09. The molecular formula is C17H18N6O2. The fourth-order valence-corrected chi connectivity index (χ4v) is 2.88. The van der Waals surface area contributed by atoms with Crippen molar-refractivity contribution in [3.05, 3.63) is 52.7 Å². The van der Waals surface area contributed by atoms with E-state index in [1.54, 1.807) is 42.3 Å². The number of methoxy groups -OCH3 is 1. The summed E-state index contributed by atoms with van der Waals surface area (Å²) >= 11 is 0. The van der Waals surface area contributed by atoms with Crippen LogP contribution in [0, 0.1) is 5.41 Å². The Bertz CT molecular complexity index is 877. The largest absolute Gasteiger partial charge is 0.496 e. The summed E-state index contributed by atoms with van der Waals surface area (Å²) in [5, 5.41) is 7.00. The van der Waals surface area contributed by atoms with Crippen LogP contribution in [0.15, 0.2) is 35.3 Å². The lowest BCUT2D eigenvalue weighted by Crippen LogP contribution is -2.25. The lowest BCUT2D eigenvalue weighted by Gasteiger charge is -2.15. The summed E-state index contributed by atoms with van der Waals surface area (Å²) in [4.78, 5) is 22.4. The molecule has 25 heavy (non-hydrogen) atoms. The zero-order valence-electron chi connectivity index (χ0n) is 13.7. The Labute approximate surface area is 144 Å². The molecule has 5 N–H and O–H groups in total. The van der Waals surface area contributed by atoms with E-state index in [1.165, 1.54) is 0 Å². The van der Waals surface area contributed by atoms with Crippen LogP contribution in [0.1, 0.15) is 27.2 Å². The number of amidine groups is 1. The van der Waals surface area contributed by atoms with Gasteiger partial charge in [-0.05, 0) is 29.8 Å². The fourth-order valence-electron chi connectivity index (χ4n) is 2.88. The van der Waals surface area contributed by atoms with Gasteiger partial charge in [0, 0.05) is 17.7 Å². The van der Waals surface area contributed by atoms with Crippen LogP contribution in [0.2, 0.25) is 0 Å². The Morgan fingerprint density at radius 2 is 2.24 bits per heavy atom. The number of fused-ring (bicyclic) bond motifs is 1. The summed E-state index contributed by atoms with van der Waals surface area (Å²) in [6.45, 7) is 0.635. The lowest BCUT2D eigenvalue weighted by atomic mass is 10.0. The molecule has 2 heterocycles. The molecule has 0 bridgehead atoms. The zero-order valence-corrected chi connectivity index (χ0v) is 13.7. The van der Waals surface area contributed by atoms with E-state index in [4.69, 9.17) is 21.6 Å². The molecule has 8 nitrogen and oxygen atoms in total. The zero-order chi connectivity index (χ0) is 18.0. The molecule has 0 saturated carbocycles. The third-order valence-corrected chi connectivity index (χ3v) is 4.08. The first-order valence-corrected chi connectivity index (χ1v) is 7.61. The molecular weight excluding hydrogens is 320 g/mol. The van der Waals surface area contributed by atoms with Crippen molar-refractivity contribution in [3.63, 3.8) is 0 Å². The molecule has 0 atom stereocenters. The van der Waals surface area contributed by atoms with Gasteiger partial charge < -0.3 is 16.2 Å². The van der Waals surface area contributed by atoms with E-state index in [9.17, 15) is 4.79 Å². The van der Waals surface area contributed by atoms with Crippen molar-refractivity contribution in [2.45, 2.75) is 13.1 Å². The molecule has 0 saturated heterocycles. The molecule has 0 unspecified atom stereocenters. The number of aromatic nitrogens is 1. The topological polar surface area (TPSA) is 131 Å². The Morgan fingerprint density at radius 1 is 1.44 bits per heavy atom. The molecule has 2 aromatic rings. The third kappa shape index (κ3) is 2.83. The van der Waals surface area contributed by atoms with Crippen LogP contribution in [0.4, 0.5) is 5.82 Å². The maximum atomic E-state index is 12.8. The standard InChI is InChI=1S/C17H18N6O2/c1-25-14-6-5-10-12(11(14)7-18)8-23(17(10)24)15-4-2-3-13(22-15)16(20)21-9-19/h2-6,9H,7-8,18H2,1H3,(H3,19,20,21). The second-order valence-electron chi connectivity index (χ2n) is 5.39. The smallest absolute Gasteiger partial charge is 0.260 e. The minimum absolute atomic E-state index is 0.116. The van der Waals surface area contributed by atoms with Crippen LogP contribution < -0.4 is 21.1 Å². The number of pyridine rings is 1. The average molecular weight is 338 g/mol. The van der Waals surface area contributed by atoms with Gasteiger partial charge in [-0.2, -0.15) is 0 Å². The van der Waals surface area contributed by atoms with Crippen molar-refractivity contribution in [2.75, 3.05) is 12.0 Å². The van der Waals surface area contributed by atoms with Crippen LogP contribution in [0.5, 0.6) is 5.75 Å². The van der Waals surface area contributed by atoms with Gasteiger partial charge in [-0.25, -0.2) is 9.98 Å². The first-order chi connectivity index (χ1) is 12.1. The molecule has 0 spiro atoms. The van der Waals surface area contributed by atoms with Crippen LogP contribution in [-0.2, 0) is 13.1 Å². The minimum Gasteiger partial charge on any atom is -0.496 e. The van der Waals surface area contributed by atoms with Crippen LogP contribution in [0.25, 0.3) is 0 Å². The molecule has 1 amide bonds. The van der Waals surface area contributed by atoms with Gasteiger partial charge in [0.15, 0.2) is 5.84 Å². The predicted octanol–water partition coefficient (Wildman–Crippen LogP) is 1.02. The van der Waals surface area contributed by atoms with Crippen molar-refractivity contribution < 1.29 is 9.53 Å². The first kappa shape index (κ1) is 16.6. The highest BCUT2D eigenvalue weighted by Gasteiger charge is 2.32. The normalized spacial score (nSPS) is 13.8. The van der Waals surface area contributed by atoms with E-state index >= 15 is 0 Å². The Morgan fingerprint density at radius 3 is 2.92 bits per heavy atom. The molecule has 1 aliphatic rings. The average Bonchev–Trinajstić information content (AvgIpc) is 2.98. The number of hydrogen-bond donors (Lipinski definition) is 3. The van der Waals surface area contributed by atoms with Gasteiger partial charge in [0.1, 0.15) is 23.6 Å². The summed E-state index contributed by atoms with van der Waals surface area (Å²) in [6.07, 6.45) is 0.848. The van der Waals surface area contributed by atoms with Crippen molar-refractivity contribution in [2.24, 2.45) is 16.5 Å². The second-order valence-corrected chi connectivity index (χ2v) is 5.39. The highest BCUT2D eigenvalue weighted by atomic mass is 16.5. The highest BCUT2D eigenvalue weighted by molar-refractivity contribution is 6.10. The molecule has 0 aliphatic carbocycles. The third-order valence-electron chi connectivity index (χ3n) is 4.08. The Balaban J connectivity index is 2.01. The SMILES string of the molecule is COc1ccc2c(c1CN)CN(c1cccc(C(N)=NC=N)n1)C2=O. The lowest BCUT2D eigenvalue weighted by molar-refractivity contribution is 0.0996. The van der Waals surface area contributed by atoms with Gasteiger partial charge in [0.05, 0.1) is 13.7 Å². The second kappa shape index (κ2) is 6.70. The maximum Gasteiger partial charge on any atom is 0.260 e. The van der Waals surface area contributed by atoms with E-state index in [1.807, 2.05) is 0 Å². The van der Waals surface area contributed by atoms with Crippen LogP contribution >= 0.6 is 0 Å². The van der Waals surface area contributed by atoms with Crippen molar-refractivity contribution in [1.82, 2.24) is 4.98 Å². The molecule has 8 heteroatoms. The molecule has 0 radical (unpaired) electrons. The van der Waals surface area contributed by atoms with Gasteiger partial charge in [-0.3, -0.25) is 15.1 Å². The molecule has 3 rings (SSSR count). The quantitative estimate of drug-likeness (QED) is 0.553. The van der Waals surface area contributed by atoms with Gasteiger partial charge in [-0.1, -0.05) is 6.07 Å². The number of nitrogens with one attached hydrogen (secondary N) is 1. The van der Waals surface area contributed by atoms with Crippen LogP contribution in [0.3, 0.4) is 0 Å². The molecule has 1 aliphatic heterocycles. The Kier molecular flexibility index (Phi) is 4.44. The minimum atomic E-state index is -0.153. The number of benzene rings is 1. The number of anilines is 1. The number of ether oxygens (including phenoxy) is 1. The highest BCUT2D eigenvalue weighted by Crippen LogP contribution is 2.33. The van der Waals surface area contributed by atoms with Crippen molar-refractivity contribution in [3.8, 4) is 5.75 Å². The van der Waals surface area contributed by atoms with Crippen molar-refractivity contribution in [1.29, 1.82) is 5.41 Å². The van der Waals surface area contributed by atoms with Gasteiger partial charge >= 0.3 is 0 Å². The van der Waals surface area contributed by atoms with E-state index < -0.39 is 0 Å². The summed E-state index contributed by atoms with van der Waals surface area (Å²) in [5.41, 5.74) is 14.3. The molecule has 1 aromatic heterocycles. The first-order valence-electron chi connectivity index (χ1n) is 7.61. The number of carbonyl (C=O) groups is 1. The molecule has 1 aromatic carbocycles. The fraction of sp³-hybridized carbons (Fsp3) is 0.176. The molecule has 128 valence electrons. The maximum absolute atomic E-state index is 12.8. The summed E-state index contributed by atoms with van der Waals surface area (Å²) in [7, 11) is 1.58. The van der Waals surface area contributed by atoms with E-state index in [2.05, 4.69) is 9.98 Å². The molecule has 0 fully saturated rings. The van der Waals surface area contributed by atoms with E-state index in [0.717, 1.165) is 17.5 Å². The Hall–Kier alpha value is -3.26. The number of carbonyl (C=O) groups excluding carboxylic acids is 1. The number of nitrogens with two attached hydrogens (primary N) is 2. The summed E-state index contributed by atoms with van der Waals surface area (Å²) in [6, 6.07) is 8.63. The van der Waals surface area contributed by atoms with Crippen LogP contribution in [-0.4, -0.2) is 30.2 Å². The number of nitrogens with zero attached hydrogens (tertiary/aromatic N) is 3. The van der Waals surface area contributed by atoms with E-state index in [-0.39, 0.29) is 18.3 Å². The number of aliphatic imine (C=N–C) groups is 1. The number of rotatable bonds is 5. The number of hydrogen-bond acceptors (Lipinski definition) is 5. The van der Waals surface area contributed by atoms with Crippen molar-refractivity contribution >= 4 is 23.9 Å².